The van der Waals surface area contributed by atoms with Crippen molar-refractivity contribution in [2.24, 2.45) is 0 Å². The van der Waals surface area contributed by atoms with Gasteiger partial charge in [-0.3, -0.25) is 9.59 Å². The Morgan fingerprint density at radius 1 is 1.18 bits per heavy atom. The largest absolute Gasteiger partial charge is 0.368 e. The highest BCUT2D eigenvalue weighted by molar-refractivity contribution is 5.91. The Hall–Kier alpha value is -2.04. The summed E-state index contributed by atoms with van der Waals surface area (Å²) < 4.78 is 0. The van der Waals surface area contributed by atoms with Crippen LogP contribution < -0.4 is 10.2 Å². The van der Waals surface area contributed by atoms with Crippen molar-refractivity contribution in [3.63, 3.8) is 0 Å². The second kappa shape index (κ2) is 5.99. The molecule has 0 radical (unpaired) electrons. The first-order chi connectivity index (χ1) is 10.6. The molecule has 2 aliphatic rings. The molecular formula is C17H23N3O2. The summed E-state index contributed by atoms with van der Waals surface area (Å²) >= 11 is 0. The second-order valence-electron chi connectivity index (χ2n) is 6.19. The molecule has 1 aromatic carbocycles. The molecular weight excluding hydrogens is 278 g/mol. The highest BCUT2D eigenvalue weighted by Gasteiger charge is 2.32. The van der Waals surface area contributed by atoms with Crippen molar-refractivity contribution in [1.82, 2.24) is 10.2 Å². The number of carbonyl (C=O) groups is 2. The van der Waals surface area contributed by atoms with Gasteiger partial charge in [0.25, 0.3) is 0 Å². The Bertz CT molecular complexity index is 592. The molecule has 22 heavy (non-hydrogen) atoms. The third kappa shape index (κ3) is 2.80. The van der Waals surface area contributed by atoms with Crippen molar-refractivity contribution >= 4 is 17.5 Å². The summed E-state index contributed by atoms with van der Waals surface area (Å²) in [6.07, 6.45) is 1.10. The first kappa shape index (κ1) is 14.9. The minimum Gasteiger partial charge on any atom is -0.368 e. The molecule has 2 saturated heterocycles. The predicted molar refractivity (Wildman–Crippen MR) is 85.9 cm³/mol. The number of piperazine rings is 1. The first-order valence-corrected chi connectivity index (χ1v) is 7.95. The van der Waals surface area contributed by atoms with Gasteiger partial charge in [-0.1, -0.05) is 12.1 Å². The Balaban J connectivity index is 1.62. The van der Waals surface area contributed by atoms with Crippen LogP contribution in [0, 0.1) is 13.8 Å². The molecule has 5 nitrogen and oxygen atoms in total. The van der Waals surface area contributed by atoms with Gasteiger partial charge in [0, 0.05) is 38.3 Å². The highest BCUT2D eigenvalue weighted by atomic mass is 16.2. The Kier molecular flexibility index (Phi) is 4.05. The van der Waals surface area contributed by atoms with E-state index in [2.05, 4.69) is 42.3 Å². The summed E-state index contributed by atoms with van der Waals surface area (Å²) in [4.78, 5) is 27.9. The average Bonchev–Trinajstić information content (AvgIpc) is 2.96. The van der Waals surface area contributed by atoms with E-state index in [9.17, 15) is 9.59 Å². The van der Waals surface area contributed by atoms with Crippen molar-refractivity contribution in [2.75, 3.05) is 31.1 Å². The Morgan fingerprint density at radius 3 is 2.55 bits per heavy atom. The van der Waals surface area contributed by atoms with E-state index < -0.39 is 0 Å². The van der Waals surface area contributed by atoms with E-state index in [0.29, 0.717) is 12.8 Å². The fraction of sp³-hybridized carbons (Fsp3) is 0.529. The van der Waals surface area contributed by atoms with Gasteiger partial charge in [0.2, 0.25) is 11.8 Å². The number of anilines is 1. The second-order valence-corrected chi connectivity index (χ2v) is 6.19. The monoisotopic (exact) mass is 301 g/mol. The first-order valence-electron chi connectivity index (χ1n) is 7.95. The van der Waals surface area contributed by atoms with Gasteiger partial charge in [0.1, 0.15) is 6.04 Å². The van der Waals surface area contributed by atoms with Gasteiger partial charge < -0.3 is 15.1 Å². The van der Waals surface area contributed by atoms with Crippen molar-refractivity contribution in [3.05, 3.63) is 29.3 Å². The fourth-order valence-corrected chi connectivity index (χ4v) is 3.27. The van der Waals surface area contributed by atoms with Gasteiger partial charge in [0.05, 0.1) is 0 Å². The minimum absolute atomic E-state index is 0.00706. The Morgan fingerprint density at radius 2 is 1.91 bits per heavy atom. The lowest BCUT2D eigenvalue weighted by Crippen LogP contribution is -2.53. The summed E-state index contributed by atoms with van der Waals surface area (Å²) in [7, 11) is 0. The average molecular weight is 301 g/mol. The van der Waals surface area contributed by atoms with Crippen LogP contribution in [0.5, 0.6) is 0 Å². The number of nitrogens with one attached hydrogen (secondary N) is 1. The van der Waals surface area contributed by atoms with Crippen molar-refractivity contribution in [2.45, 2.75) is 32.7 Å². The molecule has 1 aromatic rings. The summed E-state index contributed by atoms with van der Waals surface area (Å²) in [5.74, 6) is 0.0684. The number of benzene rings is 1. The van der Waals surface area contributed by atoms with Crippen LogP contribution in [0.25, 0.3) is 0 Å². The van der Waals surface area contributed by atoms with Crippen molar-refractivity contribution in [3.8, 4) is 0 Å². The summed E-state index contributed by atoms with van der Waals surface area (Å²) in [5, 5.41) is 2.77. The van der Waals surface area contributed by atoms with Crippen molar-refractivity contribution < 1.29 is 9.59 Å². The number of nitrogens with zero attached hydrogens (tertiary/aromatic N) is 2. The van der Waals surface area contributed by atoms with Crippen molar-refractivity contribution in [1.29, 1.82) is 0 Å². The van der Waals surface area contributed by atoms with Crippen LogP contribution in [-0.4, -0.2) is 48.9 Å². The van der Waals surface area contributed by atoms with Crippen LogP contribution in [0.1, 0.15) is 24.0 Å². The van der Waals surface area contributed by atoms with Gasteiger partial charge in [-0.25, -0.2) is 0 Å². The molecule has 0 spiro atoms. The zero-order valence-corrected chi connectivity index (χ0v) is 13.3. The van der Waals surface area contributed by atoms with E-state index in [-0.39, 0.29) is 17.9 Å². The molecule has 1 N–H and O–H groups in total. The molecule has 0 aliphatic carbocycles. The van der Waals surface area contributed by atoms with Crippen LogP contribution in [-0.2, 0) is 9.59 Å². The lowest BCUT2D eigenvalue weighted by Gasteiger charge is -2.38. The molecule has 1 atom stereocenters. The van der Waals surface area contributed by atoms with E-state index in [1.807, 2.05) is 4.90 Å². The molecule has 2 fully saturated rings. The lowest BCUT2D eigenvalue weighted by atomic mass is 10.1. The third-order valence-corrected chi connectivity index (χ3v) is 4.80. The van der Waals surface area contributed by atoms with Gasteiger partial charge in [0.15, 0.2) is 0 Å². The molecule has 118 valence electrons. The van der Waals surface area contributed by atoms with Gasteiger partial charge in [-0.05, 0) is 37.5 Å². The fourth-order valence-electron chi connectivity index (χ4n) is 3.27. The maximum Gasteiger partial charge on any atom is 0.245 e. The summed E-state index contributed by atoms with van der Waals surface area (Å²) in [5.41, 5.74) is 3.87. The minimum atomic E-state index is -0.306. The van der Waals surface area contributed by atoms with Crippen LogP contribution >= 0.6 is 0 Å². The van der Waals surface area contributed by atoms with E-state index in [1.54, 1.807) is 0 Å². The molecule has 3 rings (SSSR count). The standard InChI is InChI=1S/C17H23N3O2/c1-12-4-3-5-15(13(12)2)19-8-10-20(11-9-19)17(22)14-6-7-16(21)18-14/h3-5,14H,6-11H2,1-2H3,(H,18,21)/t14-/m0/s1. The molecule has 0 saturated carbocycles. The van der Waals surface area contributed by atoms with Gasteiger partial charge in [-0.15, -0.1) is 0 Å². The molecule has 2 aliphatic heterocycles. The predicted octanol–water partition coefficient (Wildman–Crippen LogP) is 1.23. The molecule has 0 unspecified atom stereocenters. The number of aryl methyl sites for hydroxylation is 1. The maximum atomic E-state index is 12.4. The van der Waals surface area contributed by atoms with Crippen LogP contribution in [0.4, 0.5) is 5.69 Å². The van der Waals surface area contributed by atoms with E-state index in [4.69, 9.17) is 0 Å². The van der Waals surface area contributed by atoms with E-state index in [1.165, 1.54) is 16.8 Å². The van der Waals surface area contributed by atoms with Crippen LogP contribution in [0.15, 0.2) is 18.2 Å². The van der Waals surface area contributed by atoms with Gasteiger partial charge in [-0.2, -0.15) is 0 Å². The zero-order valence-electron chi connectivity index (χ0n) is 13.3. The number of hydrogen-bond acceptors (Lipinski definition) is 3. The molecule has 5 heteroatoms. The van der Waals surface area contributed by atoms with Gasteiger partial charge >= 0.3 is 0 Å². The maximum absolute atomic E-state index is 12.4. The SMILES string of the molecule is Cc1cccc(N2CCN(C(=O)[C@@H]3CCC(=O)N3)CC2)c1C. The summed E-state index contributed by atoms with van der Waals surface area (Å²) in [6.45, 7) is 7.40. The molecule has 0 aromatic heterocycles. The number of hydrogen-bond donors (Lipinski definition) is 1. The normalized spacial score (nSPS) is 21.9. The summed E-state index contributed by atoms with van der Waals surface area (Å²) in [6, 6.07) is 6.06. The number of amides is 2. The molecule has 0 bridgehead atoms. The van der Waals surface area contributed by atoms with Crippen LogP contribution in [0.3, 0.4) is 0 Å². The number of carbonyl (C=O) groups excluding carboxylic acids is 2. The zero-order chi connectivity index (χ0) is 15.7. The highest BCUT2D eigenvalue weighted by Crippen LogP contribution is 2.24. The number of rotatable bonds is 2. The van der Waals surface area contributed by atoms with Crippen LogP contribution in [0.2, 0.25) is 0 Å². The molecule has 2 amide bonds. The topological polar surface area (TPSA) is 52.7 Å². The van der Waals surface area contributed by atoms with E-state index >= 15 is 0 Å². The quantitative estimate of drug-likeness (QED) is 0.894. The molecule has 2 heterocycles. The Labute approximate surface area is 131 Å². The van der Waals surface area contributed by atoms with E-state index in [0.717, 1.165) is 26.2 Å². The smallest absolute Gasteiger partial charge is 0.245 e. The third-order valence-electron chi connectivity index (χ3n) is 4.80. The lowest BCUT2D eigenvalue weighted by molar-refractivity contribution is -0.134.